The van der Waals surface area contributed by atoms with Gasteiger partial charge in [0.15, 0.2) is 5.96 Å². The van der Waals surface area contributed by atoms with Gasteiger partial charge >= 0.3 is 0 Å². The molecule has 0 spiro atoms. The van der Waals surface area contributed by atoms with E-state index in [1.165, 1.54) is 5.69 Å². The van der Waals surface area contributed by atoms with Crippen LogP contribution in [0.2, 0.25) is 0 Å². The van der Waals surface area contributed by atoms with E-state index in [9.17, 15) is 4.79 Å². The van der Waals surface area contributed by atoms with E-state index in [2.05, 4.69) is 34.2 Å². The Balaban J connectivity index is 0.00000320. The van der Waals surface area contributed by atoms with Crippen LogP contribution in [0.4, 0.5) is 5.69 Å². The SMILES string of the molecule is CCNC(=NCc1cccc(C(N)=O)c1)N1CCN(c2cccc(OC)c2)CC1.I. The number of hydrogen-bond donors (Lipinski definition) is 2. The van der Waals surface area contributed by atoms with Gasteiger partial charge < -0.3 is 25.6 Å². The zero-order valence-electron chi connectivity index (χ0n) is 17.5. The molecule has 3 N–H and O–H groups in total. The standard InChI is InChI=1S/C22H29N5O2.HI/c1-3-24-22(25-16-17-6-4-7-18(14-17)21(23)28)27-12-10-26(11-13-27)19-8-5-9-20(15-19)29-2;/h4-9,14-15H,3,10-13,16H2,1-2H3,(H2,23,28)(H,24,25);1H. The van der Waals surface area contributed by atoms with E-state index < -0.39 is 5.91 Å². The average molecular weight is 523 g/mol. The monoisotopic (exact) mass is 523 g/mol. The van der Waals surface area contributed by atoms with Gasteiger partial charge in [-0.25, -0.2) is 4.99 Å². The van der Waals surface area contributed by atoms with Gasteiger partial charge in [-0.05, 0) is 36.8 Å². The van der Waals surface area contributed by atoms with Crippen LogP contribution in [0.1, 0.15) is 22.8 Å². The van der Waals surface area contributed by atoms with Crippen LogP contribution in [-0.2, 0) is 6.54 Å². The highest BCUT2D eigenvalue weighted by molar-refractivity contribution is 14.0. The maximum atomic E-state index is 11.4. The number of nitrogens with zero attached hydrogens (tertiary/aromatic N) is 3. The summed E-state index contributed by atoms with van der Waals surface area (Å²) < 4.78 is 5.34. The van der Waals surface area contributed by atoms with E-state index in [1.807, 2.05) is 24.3 Å². The summed E-state index contributed by atoms with van der Waals surface area (Å²) >= 11 is 0. The number of carbonyl (C=O) groups is 1. The molecule has 0 radical (unpaired) electrons. The van der Waals surface area contributed by atoms with Gasteiger partial charge in [0.05, 0.1) is 13.7 Å². The molecule has 0 aromatic heterocycles. The van der Waals surface area contributed by atoms with Crippen molar-refractivity contribution in [3.05, 3.63) is 59.7 Å². The number of nitrogens with one attached hydrogen (secondary N) is 1. The summed E-state index contributed by atoms with van der Waals surface area (Å²) in [5.41, 5.74) is 8.02. The van der Waals surface area contributed by atoms with Crippen molar-refractivity contribution < 1.29 is 9.53 Å². The molecule has 0 saturated carbocycles. The second-order valence-corrected chi connectivity index (χ2v) is 6.91. The summed E-state index contributed by atoms with van der Waals surface area (Å²) in [6, 6.07) is 15.5. The van der Waals surface area contributed by atoms with Crippen LogP contribution < -0.4 is 20.7 Å². The Bertz CT molecular complexity index is 866. The molecular formula is C22H30IN5O2. The molecular weight excluding hydrogens is 493 g/mol. The topological polar surface area (TPSA) is 83.2 Å². The molecule has 3 rings (SSSR count). The number of aliphatic imine (C=N–C) groups is 1. The zero-order chi connectivity index (χ0) is 20.6. The summed E-state index contributed by atoms with van der Waals surface area (Å²) in [4.78, 5) is 20.8. The lowest BCUT2D eigenvalue weighted by Gasteiger charge is -2.37. The van der Waals surface area contributed by atoms with Crippen LogP contribution in [0.25, 0.3) is 0 Å². The van der Waals surface area contributed by atoms with Gasteiger partial charge in [-0.1, -0.05) is 18.2 Å². The Hall–Kier alpha value is -2.49. The predicted octanol–water partition coefficient (Wildman–Crippen LogP) is 2.70. The van der Waals surface area contributed by atoms with Gasteiger partial charge in [-0.3, -0.25) is 4.79 Å². The fraction of sp³-hybridized carbons (Fsp3) is 0.364. The largest absolute Gasteiger partial charge is 0.497 e. The van der Waals surface area contributed by atoms with E-state index in [-0.39, 0.29) is 24.0 Å². The molecule has 0 atom stereocenters. The number of ether oxygens (including phenoxy) is 1. The molecule has 0 unspecified atom stereocenters. The van der Waals surface area contributed by atoms with Crippen LogP contribution in [0.5, 0.6) is 5.75 Å². The van der Waals surface area contributed by atoms with Crippen LogP contribution in [-0.4, -0.2) is 56.6 Å². The Morgan fingerprint density at radius 1 is 1.13 bits per heavy atom. The van der Waals surface area contributed by atoms with Gasteiger partial charge in [0.2, 0.25) is 5.91 Å². The Morgan fingerprint density at radius 2 is 1.87 bits per heavy atom. The average Bonchev–Trinajstić information content (AvgIpc) is 2.77. The third-order valence-corrected chi connectivity index (χ3v) is 4.96. The molecule has 0 aliphatic carbocycles. The summed E-state index contributed by atoms with van der Waals surface area (Å²) in [6.45, 7) is 6.95. The van der Waals surface area contributed by atoms with Crippen LogP contribution in [0.15, 0.2) is 53.5 Å². The van der Waals surface area contributed by atoms with Crippen molar-refractivity contribution in [3.63, 3.8) is 0 Å². The van der Waals surface area contributed by atoms with Gasteiger partial charge in [0, 0.05) is 50.0 Å². The van der Waals surface area contributed by atoms with Crippen molar-refractivity contribution in [2.24, 2.45) is 10.7 Å². The molecule has 1 aliphatic rings. The number of primary amides is 1. The summed E-state index contributed by atoms with van der Waals surface area (Å²) in [5, 5.41) is 3.38. The van der Waals surface area contributed by atoms with Crippen molar-refractivity contribution in [1.29, 1.82) is 0 Å². The van der Waals surface area contributed by atoms with Crippen LogP contribution in [0, 0.1) is 0 Å². The normalized spacial score (nSPS) is 14.1. The minimum absolute atomic E-state index is 0. The van der Waals surface area contributed by atoms with Gasteiger partial charge in [-0.15, -0.1) is 24.0 Å². The summed E-state index contributed by atoms with van der Waals surface area (Å²) in [6.07, 6.45) is 0. The second-order valence-electron chi connectivity index (χ2n) is 6.91. The molecule has 1 heterocycles. The highest BCUT2D eigenvalue weighted by Crippen LogP contribution is 2.22. The molecule has 1 fully saturated rings. The number of hydrogen-bond acceptors (Lipinski definition) is 4. The minimum Gasteiger partial charge on any atom is -0.497 e. The highest BCUT2D eigenvalue weighted by atomic mass is 127. The van der Waals surface area contributed by atoms with Gasteiger partial charge in [-0.2, -0.15) is 0 Å². The second kappa shape index (κ2) is 11.6. The number of halogens is 1. The number of rotatable bonds is 6. The Morgan fingerprint density at radius 3 is 2.53 bits per heavy atom. The van der Waals surface area contributed by atoms with E-state index in [4.69, 9.17) is 15.5 Å². The van der Waals surface area contributed by atoms with Crippen LogP contribution >= 0.6 is 24.0 Å². The van der Waals surface area contributed by atoms with Crippen LogP contribution in [0.3, 0.4) is 0 Å². The third-order valence-electron chi connectivity index (χ3n) is 4.96. The number of benzene rings is 2. The number of anilines is 1. The maximum Gasteiger partial charge on any atom is 0.248 e. The van der Waals surface area contributed by atoms with Gasteiger partial charge in [0.25, 0.3) is 0 Å². The summed E-state index contributed by atoms with van der Waals surface area (Å²) in [5.74, 6) is 1.34. The van der Waals surface area contributed by atoms with E-state index in [0.29, 0.717) is 12.1 Å². The first kappa shape index (κ1) is 23.8. The predicted molar refractivity (Wildman–Crippen MR) is 132 cm³/mol. The fourth-order valence-electron chi connectivity index (χ4n) is 3.40. The van der Waals surface area contributed by atoms with Crippen molar-refractivity contribution in [1.82, 2.24) is 10.2 Å². The fourth-order valence-corrected chi connectivity index (χ4v) is 3.40. The highest BCUT2D eigenvalue weighted by Gasteiger charge is 2.20. The zero-order valence-corrected chi connectivity index (χ0v) is 19.8. The molecule has 7 nitrogen and oxygen atoms in total. The lowest BCUT2D eigenvalue weighted by atomic mass is 10.1. The van der Waals surface area contributed by atoms with Gasteiger partial charge in [0.1, 0.15) is 5.75 Å². The first-order valence-corrected chi connectivity index (χ1v) is 9.91. The Kier molecular flexibility index (Phi) is 9.22. The number of amides is 1. The van der Waals surface area contributed by atoms with E-state index in [1.54, 1.807) is 19.2 Å². The molecule has 0 bridgehead atoms. The number of carbonyl (C=O) groups excluding carboxylic acids is 1. The Labute approximate surface area is 195 Å². The number of methoxy groups -OCH3 is 1. The first-order chi connectivity index (χ1) is 14.1. The maximum absolute atomic E-state index is 11.4. The smallest absolute Gasteiger partial charge is 0.248 e. The lowest BCUT2D eigenvalue weighted by molar-refractivity contribution is 0.1000. The lowest BCUT2D eigenvalue weighted by Crippen LogP contribution is -2.52. The summed E-state index contributed by atoms with van der Waals surface area (Å²) in [7, 11) is 1.69. The number of guanidine groups is 1. The van der Waals surface area contributed by atoms with Crippen molar-refractivity contribution in [2.75, 3.05) is 44.7 Å². The third kappa shape index (κ3) is 6.25. The first-order valence-electron chi connectivity index (χ1n) is 9.91. The molecule has 2 aromatic carbocycles. The van der Waals surface area contributed by atoms with Crippen molar-refractivity contribution in [2.45, 2.75) is 13.5 Å². The molecule has 30 heavy (non-hydrogen) atoms. The van der Waals surface area contributed by atoms with E-state index >= 15 is 0 Å². The molecule has 8 heteroatoms. The number of piperazine rings is 1. The molecule has 162 valence electrons. The quantitative estimate of drug-likeness (QED) is 0.346. The molecule has 2 aromatic rings. The van der Waals surface area contributed by atoms with Crippen molar-refractivity contribution in [3.8, 4) is 5.75 Å². The minimum atomic E-state index is -0.420. The molecule has 1 amide bonds. The molecule has 1 aliphatic heterocycles. The van der Waals surface area contributed by atoms with E-state index in [0.717, 1.165) is 50.0 Å². The molecule has 1 saturated heterocycles. The van der Waals surface area contributed by atoms with Crippen molar-refractivity contribution >= 4 is 41.5 Å². The number of nitrogens with two attached hydrogens (primary N) is 1.